The molecule has 1 N–H and O–H groups in total. The van der Waals surface area contributed by atoms with Gasteiger partial charge in [0.25, 0.3) is 0 Å². The lowest BCUT2D eigenvalue weighted by molar-refractivity contribution is 0.140. The number of aliphatic hydroxyl groups excluding tert-OH is 1. The Morgan fingerprint density at radius 3 is 2.56 bits per heavy atom. The SMILES string of the molecule is OC(Cc1ccc(F)c(Cl)c1)C1C2CCCCC21. The van der Waals surface area contributed by atoms with E-state index in [1.807, 2.05) is 0 Å². The quantitative estimate of drug-likeness (QED) is 0.884. The van der Waals surface area contributed by atoms with Crippen LogP contribution in [0.3, 0.4) is 0 Å². The van der Waals surface area contributed by atoms with E-state index < -0.39 is 5.82 Å². The van der Waals surface area contributed by atoms with Crippen molar-refractivity contribution in [3.63, 3.8) is 0 Å². The topological polar surface area (TPSA) is 20.2 Å². The van der Waals surface area contributed by atoms with Crippen molar-refractivity contribution in [2.24, 2.45) is 17.8 Å². The highest BCUT2D eigenvalue weighted by Crippen LogP contribution is 2.57. The van der Waals surface area contributed by atoms with Gasteiger partial charge in [0.2, 0.25) is 0 Å². The maximum atomic E-state index is 13.1. The Kier molecular flexibility index (Phi) is 3.33. The normalized spacial score (nSPS) is 31.8. The van der Waals surface area contributed by atoms with Crippen LogP contribution in [0.1, 0.15) is 31.2 Å². The largest absolute Gasteiger partial charge is 0.392 e. The highest BCUT2D eigenvalue weighted by Gasteiger charge is 2.53. The molecular formula is C15H18ClFO. The lowest BCUT2D eigenvalue weighted by atomic mass is 10.0. The van der Waals surface area contributed by atoms with E-state index in [4.69, 9.17) is 11.6 Å². The van der Waals surface area contributed by atoms with Gasteiger partial charge in [-0.15, -0.1) is 0 Å². The van der Waals surface area contributed by atoms with E-state index >= 15 is 0 Å². The van der Waals surface area contributed by atoms with Crippen LogP contribution in [0, 0.1) is 23.6 Å². The summed E-state index contributed by atoms with van der Waals surface area (Å²) in [5.41, 5.74) is 0.928. The minimum atomic E-state index is -0.394. The van der Waals surface area contributed by atoms with Crippen molar-refractivity contribution in [3.05, 3.63) is 34.6 Å². The average Bonchev–Trinajstić information content (AvgIpc) is 3.08. The molecule has 1 nitrogen and oxygen atoms in total. The fourth-order valence-corrected chi connectivity index (χ4v) is 3.87. The first-order valence-corrected chi connectivity index (χ1v) is 7.16. The third kappa shape index (κ3) is 2.28. The summed E-state index contributed by atoms with van der Waals surface area (Å²) in [7, 11) is 0. The van der Waals surface area contributed by atoms with Gasteiger partial charge in [0.1, 0.15) is 5.82 Å². The second-order valence-corrected chi connectivity index (χ2v) is 6.12. The van der Waals surface area contributed by atoms with E-state index in [1.54, 1.807) is 12.1 Å². The molecule has 3 atom stereocenters. The Bertz CT molecular complexity index is 436. The predicted molar refractivity (Wildman–Crippen MR) is 70.1 cm³/mol. The molecule has 3 unspecified atom stereocenters. The second kappa shape index (κ2) is 4.82. The van der Waals surface area contributed by atoms with Crippen molar-refractivity contribution in [2.75, 3.05) is 0 Å². The molecule has 3 heteroatoms. The van der Waals surface area contributed by atoms with E-state index in [-0.39, 0.29) is 11.1 Å². The van der Waals surface area contributed by atoms with E-state index in [0.717, 1.165) is 17.4 Å². The summed E-state index contributed by atoms with van der Waals surface area (Å²) < 4.78 is 13.1. The zero-order chi connectivity index (χ0) is 12.7. The smallest absolute Gasteiger partial charge is 0.141 e. The van der Waals surface area contributed by atoms with Gasteiger partial charge in [-0.25, -0.2) is 4.39 Å². The molecule has 2 fully saturated rings. The molecule has 3 rings (SSSR count). The van der Waals surface area contributed by atoms with Gasteiger partial charge in [0.05, 0.1) is 11.1 Å². The summed E-state index contributed by atoms with van der Waals surface area (Å²) in [5, 5.41) is 10.4. The number of benzene rings is 1. The number of fused-ring (bicyclic) bond motifs is 1. The van der Waals surface area contributed by atoms with Crippen LogP contribution in [0.15, 0.2) is 18.2 Å². The average molecular weight is 269 g/mol. The molecule has 0 saturated heterocycles. The van der Waals surface area contributed by atoms with Crippen LogP contribution < -0.4 is 0 Å². The Labute approximate surface area is 112 Å². The first kappa shape index (κ1) is 12.4. The van der Waals surface area contributed by atoms with Gasteiger partial charge in [-0.3, -0.25) is 0 Å². The summed E-state index contributed by atoms with van der Waals surface area (Å²) in [6.07, 6.45) is 5.48. The van der Waals surface area contributed by atoms with E-state index in [2.05, 4.69) is 0 Å². The maximum Gasteiger partial charge on any atom is 0.141 e. The Hall–Kier alpha value is -0.600. The molecule has 1 aromatic rings. The molecule has 0 spiro atoms. The third-order valence-electron chi connectivity index (χ3n) is 4.60. The number of hydrogen-bond donors (Lipinski definition) is 1. The Morgan fingerprint density at radius 2 is 1.94 bits per heavy atom. The second-order valence-electron chi connectivity index (χ2n) is 5.71. The molecule has 1 aromatic carbocycles. The van der Waals surface area contributed by atoms with Crippen LogP contribution in [0.4, 0.5) is 4.39 Å². The predicted octanol–water partition coefficient (Wildman–Crippen LogP) is 3.82. The van der Waals surface area contributed by atoms with Crippen molar-refractivity contribution < 1.29 is 9.50 Å². The molecule has 0 heterocycles. The first-order valence-electron chi connectivity index (χ1n) is 6.79. The van der Waals surface area contributed by atoms with Crippen LogP contribution in [0.2, 0.25) is 5.02 Å². The lowest BCUT2D eigenvalue weighted by Crippen LogP contribution is -2.15. The summed E-state index contributed by atoms with van der Waals surface area (Å²) in [6.45, 7) is 0. The van der Waals surface area contributed by atoms with Crippen LogP contribution in [-0.4, -0.2) is 11.2 Å². The molecule has 2 aliphatic carbocycles. The fraction of sp³-hybridized carbons (Fsp3) is 0.600. The van der Waals surface area contributed by atoms with Crippen molar-refractivity contribution in [1.29, 1.82) is 0 Å². The van der Waals surface area contributed by atoms with Crippen LogP contribution >= 0.6 is 11.6 Å². The minimum absolute atomic E-state index is 0.146. The summed E-state index contributed by atoms with van der Waals surface area (Å²) >= 11 is 5.76. The van der Waals surface area contributed by atoms with Crippen molar-refractivity contribution in [2.45, 2.75) is 38.2 Å². The summed E-state index contributed by atoms with van der Waals surface area (Å²) in [4.78, 5) is 0. The van der Waals surface area contributed by atoms with Gasteiger partial charge in [0.15, 0.2) is 0 Å². The van der Waals surface area contributed by atoms with Gasteiger partial charge < -0.3 is 5.11 Å². The highest BCUT2D eigenvalue weighted by atomic mass is 35.5. The number of halogens is 2. The molecule has 2 saturated carbocycles. The maximum absolute atomic E-state index is 13.1. The minimum Gasteiger partial charge on any atom is -0.392 e. The first-order chi connectivity index (χ1) is 8.66. The summed E-state index contributed by atoms with van der Waals surface area (Å²) in [5.74, 6) is 1.56. The van der Waals surface area contributed by atoms with E-state index in [1.165, 1.54) is 31.7 Å². The van der Waals surface area contributed by atoms with E-state index in [9.17, 15) is 9.50 Å². The van der Waals surface area contributed by atoms with Gasteiger partial charge in [-0.2, -0.15) is 0 Å². The van der Waals surface area contributed by atoms with Crippen molar-refractivity contribution in [3.8, 4) is 0 Å². The van der Waals surface area contributed by atoms with Gasteiger partial charge in [0, 0.05) is 0 Å². The standard InChI is InChI=1S/C15H18ClFO/c16-12-7-9(5-6-13(12)17)8-14(18)15-10-3-1-2-4-11(10)15/h5-7,10-11,14-15,18H,1-4,8H2. The van der Waals surface area contributed by atoms with Crippen molar-refractivity contribution in [1.82, 2.24) is 0 Å². The monoisotopic (exact) mass is 268 g/mol. The number of rotatable bonds is 3. The molecule has 18 heavy (non-hydrogen) atoms. The van der Waals surface area contributed by atoms with Crippen molar-refractivity contribution >= 4 is 11.6 Å². The highest BCUT2D eigenvalue weighted by molar-refractivity contribution is 6.30. The molecule has 0 amide bonds. The zero-order valence-corrected chi connectivity index (χ0v) is 11.0. The molecule has 0 bridgehead atoms. The number of hydrogen-bond acceptors (Lipinski definition) is 1. The molecule has 0 radical (unpaired) electrons. The van der Waals surface area contributed by atoms with Gasteiger partial charge in [-0.1, -0.05) is 30.5 Å². The van der Waals surface area contributed by atoms with E-state index in [0.29, 0.717) is 12.3 Å². The van der Waals surface area contributed by atoms with Crippen LogP contribution in [0.25, 0.3) is 0 Å². The molecule has 0 aromatic heterocycles. The van der Waals surface area contributed by atoms with Crippen LogP contribution in [0.5, 0.6) is 0 Å². The summed E-state index contributed by atoms with van der Waals surface area (Å²) in [6, 6.07) is 4.73. The molecule has 2 aliphatic rings. The molecule has 98 valence electrons. The lowest BCUT2D eigenvalue weighted by Gasteiger charge is -2.11. The van der Waals surface area contributed by atoms with Gasteiger partial charge >= 0.3 is 0 Å². The zero-order valence-electron chi connectivity index (χ0n) is 10.3. The molecular weight excluding hydrogens is 251 g/mol. The molecule has 0 aliphatic heterocycles. The third-order valence-corrected chi connectivity index (χ3v) is 4.89. The Balaban J connectivity index is 1.64. The Morgan fingerprint density at radius 1 is 1.28 bits per heavy atom. The number of aliphatic hydroxyl groups is 1. The fourth-order valence-electron chi connectivity index (χ4n) is 3.66. The van der Waals surface area contributed by atoms with Crippen LogP contribution in [-0.2, 0) is 6.42 Å². The van der Waals surface area contributed by atoms with Gasteiger partial charge in [-0.05, 0) is 54.7 Å².